The molecule has 0 saturated carbocycles. The van der Waals surface area contributed by atoms with Crippen LogP contribution in [0, 0.1) is 0 Å². The quantitative estimate of drug-likeness (QED) is 0.809. The van der Waals surface area contributed by atoms with Crippen LogP contribution in [0.4, 0.5) is 0 Å². The van der Waals surface area contributed by atoms with Crippen LogP contribution in [0.3, 0.4) is 0 Å². The lowest BCUT2D eigenvalue weighted by Crippen LogP contribution is -2.33. The van der Waals surface area contributed by atoms with Crippen molar-refractivity contribution in [2.75, 3.05) is 13.6 Å². The molecule has 1 heterocycles. The van der Waals surface area contributed by atoms with Gasteiger partial charge in [-0.05, 0) is 48.2 Å². The highest BCUT2D eigenvalue weighted by Gasteiger charge is 2.25. The maximum Gasteiger partial charge on any atom is 0.121 e. The number of phenols is 1. The largest absolute Gasteiger partial charge is 0.508 e. The van der Waals surface area contributed by atoms with Crippen LogP contribution in [0.1, 0.15) is 33.9 Å². The van der Waals surface area contributed by atoms with Crippen molar-refractivity contribution in [3.05, 3.63) is 64.2 Å². The summed E-state index contributed by atoms with van der Waals surface area (Å²) in [4.78, 5) is 2.33. The van der Waals surface area contributed by atoms with E-state index in [9.17, 15) is 10.2 Å². The molecule has 2 aromatic carbocycles. The molecule has 3 N–H and O–H groups in total. The van der Waals surface area contributed by atoms with E-state index in [1.807, 2.05) is 12.1 Å². The molecule has 0 spiro atoms. The Labute approximate surface area is 136 Å². The zero-order valence-corrected chi connectivity index (χ0v) is 13.4. The average Bonchev–Trinajstić information content (AvgIpc) is 2.57. The minimum atomic E-state index is -0.151. The molecule has 1 unspecified atom stereocenters. The van der Waals surface area contributed by atoms with E-state index in [2.05, 4.69) is 24.1 Å². The van der Waals surface area contributed by atoms with Crippen LogP contribution in [-0.4, -0.2) is 33.8 Å². The third-order valence-corrected chi connectivity index (χ3v) is 4.76. The first kappa shape index (κ1) is 16.0. The molecule has 3 rings (SSSR count). The van der Waals surface area contributed by atoms with Crippen molar-refractivity contribution in [3.63, 3.8) is 0 Å². The normalized spacial score (nSPS) is 18.0. The van der Waals surface area contributed by atoms with Gasteiger partial charge < -0.3 is 15.3 Å². The van der Waals surface area contributed by atoms with E-state index in [1.54, 1.807) is 12.1 Å². The molecule has 4 nitrogen and oxygen atoms in total. The van der Waals surface area contributed by atoms with Gasteiger partial charge in [0.2, 0.25) is 0 Å². The molecule has 23 heavy (non-hydrogen) atoms. The second-order valence-corrected chi connectivity index (χ2v) is 6.26. The fourth-order valence-electron chi connectivity index (χ4n) is 3.35. The summed E-state index contributed by atoms with van der Waals surface area (Å²) in [7, 11) is 2.12. The van der Waals surface area contributed by atoms with Gasteiger partial charge in [0.25, 0.3) is 0 Å². The molecule has 0 amide bonds. The predicted octanol–water partition coefficient (Wildman–Crippen LogP) is 2.15. The highest BCUT2D eigenvalue weighted by atomic mass is 16.3. The lowest BCUT2D eigenvalue weighted by atomic mass is 9.88. The number of nitrogens with zero attached hydrogens (tertiary/aromatic N) is 1. The van der Waals surface area contributed by atoms with Crippen molar-refractivity contribution in [3.8, 4) is 5.75 Å². The van der Waals surface area contributed by atoms with Crippen LogP contribution in [0.25, 0.3) is 0 Å². The van der Waals surface area contributed by atoms with E-state index < -0.39 is 0 Å². The number of hydrogen-bond acceptors (Lipinski definition) is 4. The number of aliphatic hydroxyl groups is 2. The molecule has 0 radical (unpaired) electrons. The van der Waals surface area contributed by atoms with E-state index >= 15 is 0 Å². The number of aromatic hydroxyl groups is 1. The zero-order valence-electron chi connectivity index (χ0n) is 13.4. The van der Waals surface area contributed by atoms with Gasteiger partial charge in [0.1, 0.15) is 5.75 Å². The van der Waals surface area contributed by atoms with Crippen molar-refractivity contribution in [2.24, 2.45) is 0 Å². The van der Waals surface area contributed by atoms with Crippen LogP contribution in [-0.2, 0) is 26.1 Å². The monoisotopic (exact) mass is 313 g/mol. The lowest BCUT2D eigenvalue weighted by Gasteiger charge is -2.35. The van der Waals surface area contributed by atoms with E-state index in [4.69, 9.17) is 5.11 Å². The number of likely N-dealkylation sites (N-methyl/N-ethyl adjacent to an activating group) is 1. The molecule has 0 fully saturated rings. The molecule has 0 aromatic heterocycles. The van der Waals surface area contributed by atoms with Crippen LogP contribution in [0.2, 0.25) is 0 Å². The maximum absolute atomic E-state index is 9.95. The standard InChI is InChI=1S/C19H23NO3/c1-20-7-6-15-8-14(11-21)3-5-17(15)18(20)9-13-2-4-16(12-22)19(23)10-13/h2-5,8,10,18,21-23H,6-7,9,11-12H2,1H3. The topological polar surface area (TPSA) is 63.9 Å². The summed E-state index contributed by atoms with van der Waals surface area (Å²) in [5.41, 5.74) is 5.16. The van der Waals surface area contributed by atoms with Gasteiger partial charge in [-0.2, -0.15) is 0 Å². The minimum absolute atomic E-state index is 0.0737. The zero-order chi connectivity index (χ0) is 16.4. The number of fused-ring (bicyclic) bond motifs is 1. The van der Waals surface area contributed by atoms with Gasteiger partial charge in [-0.15, -0.1) is 0 Å². The first-order valence-corrected chi connectivity index (χ1v) is 7.96. The molecule has 1 atom stereocenters. The molecular weight excluding hydrogens is 290 g/mol. The first-order valence-electron chi connectivity index (χ1n) is 7.96. The second-order valence-electron chi connectivity index (χ2n) is 6.26. The Balaban J connectivity index is 1.89. The van der Waals surface area contributed by atoms with E-state index in [-0.39, 0.29) is 25.0 Å². The van der Waals surface area contributed by atoms with Crippen LogP contribution in [0.15, 0.2) is 36.4 Å². The molecule has 0 bridgehead atoms. The Morgan fingerprint density at radius 3 is 2.52 bits per heavy atom. The number of benzene rings is 2. The van der Waals surface area contributed by atoms with Crippen molar-refractivity contribution in [1.29, 1.82) is 0 Å². The molecule has 1 aliphatic heterocycles. The summed E-state index contributed by atoms with van der Waals surface area (Å²) in [6.45, 7) is 0.903. The lowest BCUT2D eigenvalue weighted by molar-refractivity contribution is 0.228. The predicted molar refractivity (Wildman–Crippen MR) is 89.2 cm³/mol. The molecular formula is C19H23NO3. The smallest absolute Gasteiger partial charge is 0.121 e. The summed E-state index contributed by atoms with van der Waals surface area (Å²) in [6, 6.07) is 11.9. The van der Waals surface area contributed by atoms with Gasteiger partial charge in [0.15, 0.2) is 0 Å². The van der Waals surface area contributed by atoms with Crippen molar-refractivity contribution >= 4 is 0 Å². The van der Waals surface area contributed by atoms with Crippen molar-refractivity contribution in [2.45, 2.75) is 32.1 Å². The highest BCUT2D eigenvalue weighted by molar-refractivity contribution is 5.40. The molecule has 0 saturated heterocycles. The fourth-order valence-corrected chi connectivity index (χ4v) is 3.35. The van der Waals surface area contributed by atoms with E-state index in [1.165, 1.54) is 11.1 Å². The second kappa shape index (κ2) is 6.71. The maximum atomic E-state index is 9.95. The van der Waals surface area contributed by atoms with Gasteiger partial charge in [-0.3, -0.25) is 4.90 Å². The number of aliphatic hydroxyl groups excluding tert-OH is 2. The highest BCUT2D eigenvalue weighted by Crippen LogP contribution is 2.33. The Bertz CT molecular complexity index is 699. The van der Waals surface area contributed by atoms with E-state index in [0.29, 0.717) is 5.56 Å². The van der Waals surface area contributed by atoms with Crippen LogP contribution in [0.5, 0.6) is 5.75 Å². The molecule has 122 valence electrons. The van der Waals surface area contributed by atoms with Crippen molar-refractivity contribution in [1.82, 2.24) is 4.90 Å². The van der Waals surface area contributed by atoms with E-state index in [0.717, 1.165) is 30.5 Å². The van der Waals surface area contributed by atoms with Gasteiger partial charge in [-0.25, -0.2) is 0 Å². The molecule has 4 heteroatoms. The van der Waals surface area contributed by atoms with Gasteiger partial charge in [-0.1, -0.05) is 30.3 Å². The van der Waals surface area contributed by atoms with Crippen LogP contribution >= 0.6 is 0 Å². The summed E-state index contributed by atoms with van der Waals surface area (Å²) in [5.74, 6) is 0.152. The van der Waals surface area contributed by atoms with Gasteiger partial charge in [0.05, 0.1) is 13.2 Å². The fraction of sp³-hybridized carbons (Fsp3) is 0.368. The first-order chi connectivity index (χ1) is 11.1. The Kier molecular flexibility index (Phi) is 4.66. The third-order valence-electron chi connectivity index (χ3n) is 4.76. The molecule has 0 aliphatic carbocycles. The summed E-state index contributed by atoms with van der Waals surface area (Å²) < 4.78 is 0. The SMILES string of the molecule is CN1CCc2cc(CO)ccc2C1Cc1ccc(CO)c(O)c1. The Morgan fingerprint density at radius 2 is 1.83 bits per heavy atom. The summed E-state index contributed by atoms with van der Waals surface area (Å²) >= 11 is 0. The van der Waals surface area contributed by atoms with Gasteiger partial charge in [0, 0.05) is 18.2 Å². The molecule has 2 aromatic rings. The third kappa shape index (κ3) is 3.24. The summed E-state index contributed by atoms with van der Waals surface area (Å²) in [5, 5.41) is 28.4. The minimum Gasteiger partial charge on any atom is -0.508 e. The molecule has 1 aliphatic rings. The Hall–Kier alpha value is -1.88. The van der Waals surface area contributed by atoms with Crippen LogP contribution < -0.4 is 0 Å². The van der Waals surface area contributed by atoms with Crippen molar-refractivity contribution < 1.29 is 15.3 Å². The number of hydrogen-bond donors (Lipinski definition) is 3. The Morgan fingerprint density at radius 1 is 1.04 bits per heavy atom. The average molecular weight is 313 g/mol. The number of rotatable bonds is 4. The van der Waals surface area contributed by atoms with Gasteiger partial charge >= 0.3 is 0 Å². The summed E-state index contributed by atoms with van der Waals surface area (Å²) in [6.07, 6.45) is 1.80.